The van der Waals surface area contributed by atoms with Crippen LogP contribution in [0.5, 0.6) is 5.75 Å². The molecule has 0 heterocycles. The number of hydrogen-bond acceptors (Lipinski definition) is 3. The number of benzene rings is 1. The van der Waals surface area contributed by atoms with Gasteiger partial charge in [0, 0.05) is 0 Å². The first kappa shape index (κ1) is 11.7. The van der Waals surface area contributed by atoms with Gasteiger partial charge in [0.15, 0.2) is 0 Å². The fourth-order valence-corrected chi connectivity index (χ4v) is 1.47. The van der Waals surface area contributed by atoms with E-state index in [4.69, 9.17) is 9.29 Å². The van der Waals surface area contributed by atoms with Crippen molar-refractivity contribution < 1.29 is 17.7 Å². The van der Waals surface area contributed by atoms with E-state index in [1.807, 2.05) is 19.1 Å². The first-order chi connectivity index (χ1) is 6.87. The largest absolute Gasteiger partial charge is 0.461 e. The summed E-state index contributed by atoms with van der Waals surface area (Å²) in [7, 11) is -4.08. The Morgan fingerprint density at radius 2 is 1.93 bits per heavy atom. The minimum Gasteiger partial charge on any atom is -0.461 e. The topological polar surface area (TPSA) is 63.6 Å². The molecule has 0 aromatic heterocycles. The van der Waals surface area contributed by atoms with Gasteiger partial charge in [0.1, 0.15) is 17.3 Å². The fourth-order valence-electron chi connectivity index (χ4n) is 1.01. The highest BCUT2D eigenvalue weighted by Gasteiger charge is 2.09. The predicted octanol–water partition coefficient (Wildman–Crippen LogP) is 1.78. The first-order valence-electron chi connectivity index (χ1n) is 4.24. The molecular formula is C10H12O4S. The summed E-state index contributed by atoms with van der Waals surface area (Å²) in [5, 5.41) is 0. The van der Waals surface area contributed by atoms with E-state index in [9.17, 15) is 8.42 Å². The van der Waals surface area contributed by atoms with Crippen molar-refractivity contribution in [1.82, 2.24) is 0 Å². The Bertz CT molecular complexity index is 445. The van der Waals surface area contributed by atoms with Gasteiger partial charge in [0.2, 0.25) is 0 Å². The van der Waals surface area contributed by atoms with Crippen molar-refractivity contribution in [2.45, 2.75) is 6.92 Å². The normalized spacial score (nSPS) is 11.1. The Kier molecular flexibility index (Phi) is 3.49. The zero-order valence-corrected chi connectivity index (χ0v) is 9.12. The molecule has 0 fully saturated rings. The Morgan fingerprint density at radius 1 is 1.40 bits per heavy atom. The lowest BCUT2D eigenvalue weighted by molar-refractivity contribution is 0.419. The van der Waals surface area contributed by atoms with Crippen molar-refractivity contribution >= 4 is 10.1 Å². The quantitative estimate of drug-likeness (QED) is 0.630. The maximum Gasteiger partial charge on any atom is 0.272 e. The number of rotatable bonds is 4. The molecular weight excluding hydrogens is 216 g/mol. The maximum atomic E-state index is 10.5. The molecule has 0 saturated carbocycles. The number of hydrogen-bond donors (Lipinski definition) is 1. The molecule has 0 aliphatic heterocycles. The Hall–Kier alpha value is -1.33. The number of ether oxygens (including phenoxy) is 1. The van der Waals surface area contributed by atoms with E-state index in [-0.39, 0.29) is 5.76 Å². The SMILES string of the molecule is C=C(CS(=O)(=O)O)Oc1ccc(C)cc1. The zero-order valence-electron chi connectivity index (χ0n) is 8.30. The summed E-state index contributed by atoms with van der Waals surface area (Å²) in [5.74, 6) is -0.114. The third-order valence-electron chi connectivity index (χ3n) is 1.63. The Labute approximate surface area is 88.9 Å². The van der Waals surface area contributed by atoms with Gasteiger partial charge in [-0.2, -0.15) is 8.42 Å². The van der Waals surface area contributed by atoms with E-state index in [2.05, 4.69) is 6.58 Å². The molecule has 5 heteroatoms. The van der Waals surface area contributed by atoms with Gasteiger partial charge in [-0.25, -0.2) is 0 Å². The molecule has 0 atom stereocenters. The van der Waals surface area contributed by atoms with Gasteiger partial charge >= 0.3 is 0 Å². The summed E-state index contributed by atoms with van der Waals surface area (Å²) in [6.45, 7) is 5.32. The molecule has 1 N–H and O–H groups in total. The zero-order chi connectivity index (χ0) is 11.5. The molecule has 1 aromatic rings. The maximum absolute atomic E-state index is 10.5. The molecule has 15 heavy (non-hydrogen) atoms. The van der Waals surface area contributed by atoms with Crippen LogP contribution in [0.25, 0.3) is 0 Å². The van der Waals surface area contributed by atoms with E-state index in [1.54, 1.807) is 12.1 Å². The van der Waals surface area contributed by atoms with Crippen LogP contribution in [0, 0.1) is 6.92 Å². The molecule has 0 radical (unpaired) electrons. The lowest BCUT2D eigenvalue weighted by atomic mass is 10.2. The highest BCUT2D eigenvalue weighted by atomic mass is 32.2. The lowest BCUT2D eigenvalue weighted by Crippen LogP contribution is -2.09. The molecule has 0 aliphatic carbocycles. The second kappa shape index (κ2) is 4.46. The van der Waals surface area contributed by atoms with Crippen LogP contribution in [-0.2, 0) is 10.1 Å². The average Bonchev–Trinajstić information content (AvgIpc) is 2.05. The summed E-state index contributed by atoms with van der Waals surface area (Å²) in [6.07, 6.45) is 0. The van der Waals surface area contributed by atoms with Gasteiger partial charge in [-0.15, -0.1) is 0 Å². The summed E-state index contributed by atoms with van der Waals surface area (Å²) in [5.41, 5.74) is 1.07. The van der Waals surface area contributed by atoms with Crippen molar-refractivity contribution in [3.8, 4) is 5.75 Å². The molecule has 1 aromatic carbocycles. The van der Waals surface area contributed by atoms with Gasteiger partial charge in [-0.3, -0.25) is 4.55 Å². The Balaban J connectivity index is 2.63. The van der Waals surface area contributed by atoms with Crippen LogP contribution < -0.4 is 4.74 Å². The molecule has 0 spiro atoms. The predicted molar refractivity (Wildman–Crippen MR) is 57.4 cm³/mol. The third kappa shape index (κ3) is 4.62. The molecule has 0 unspecified atom stereocenters. The van der Waals surface area contributed by atoms with Gasteiger partial charge in [-0.1, -0.05) is 24.3 Å². The van der Waals surface area contributed by atoms with E-state index in [1.165, 1.54) is 0 Å². The number of aryl methyl sites for hydroxylation is 1. The highest BCUT2D eigenvalue weighted by Crippen LogP contribution is 2.14. The molecule has 0 amide bonds. The van der Waals surface area contributed by atoms with Crippen molar-refractivity contribution in [1.29, 1.82) is 0 Å². The van der Waals surface area contributed by atoms with Crippen LogP contribution in [-0.4, -0.2) is 18.7 Å². The van der Waals surface area contributed by atoms with Crippen molar-refractivity contribution in [3.05, 3.63) is 42.2 Å². The van der Waals surface area contributed by atoms with Crippen LogP contribution in [0.1, 0.15) is 5.56 Å². The minimum atomic E-state index is -4.08. The molecule has 0 aliphatic rings. The Morgan fingerprint density at radius 3 is 2.40 bits per heavy atom. The molecule has 0 saturated heterocycles. The summed E-state index contributed by atoms with van der Waals surface area (Å²) >= 11 is 0. The summed E-state index contributed by atoms with van der Waals surface area (Å²) in [6, 6.07) is 7.06. The van der Waals surface area contributed by atoms with E-state index >= 15 is 0 Å². The fraction of sp³-hybridized carbons (Fsp3) is 0.200. The molecule has 82 valence electrons. The van der Waals surface area contributed by atoms with Crippen LogP contribution in [0.2, 0.25) is 0 Å². The average molecular weight is 228 g/mol. The van der Waals surface area contributed by atoms with Crippen LogP contribution >= 0.6 is 0 Å². The van der Waals surface area contributed by atoms with E-state index < -0.39 is 15.9 Å². The molecule has 0 bridgehead atoms. The van der Waals surface area contributed by atoms with Crippen LogP contribution in [0.3, 0.4) is 0 Å². The second-order valence-electron chi connectivity index (χ2n) is 3.18. The minimum absolute atomic E-state index is 0.0126. The highest BCUT2D eigenvalue weighted by molar-refractivity contribution is 7.85. The summed E-state index contributed by atoms with van der Waals surface area (Å²) in [4.78, 5) is 0. The standard InChI is InChI=1S/C10H12O4S/c1-8-3-5-10(6-4-8)14-9(2)7-15(11,12)13/h3-6H,2,7H2,1H3,(H,11,12,13). The first-order valence-corrected chi connectivity index (χ1v) is 5.85. The summed E-state index contributed by atoms with van der Waals surface area (Å²) < 4.78 is 34.7. The van der Waals surface area contributed by atoms with Gasteiger partial charge in [0.05, 0.1) is 0 Å². The van der Waals surface area contributed by atoms with E-state index in [0.29, 0.717) is 5.75 Å². The van der Waals surface area contributed by atoms with Crippen LogP contribution in [0.4, 0.5) is 0 Å². The van der Waals surface area contributed by atoms with Gasteiger partial charge in [-0.05, 0) is 19.1 Å². The molecule has 1 rings (SSSR count). The van der Waals surface area contributed by atoms with Crippen molar-refractivity contribution in [2.24, 2.45) is 0 Å². The second-order valence-corrected chi connectivity index (χ2v) is 4.63. The van der Waals surface area contributed by atoms with Crippen molar-refractivity contribution in [2.75, 3.05) is 5.75 Å². The van der Waals surface area contributed by atoms with Gasteiger partial charge in [0.25, 0.3) is 10.1 Å². The monoisotopic (exact) mass is 228 g/mol. The van der Waals surface area contributed by atoms with E-state index in [0.717, 1.165) is 5.56 Å². The smallest absolute Gasteiger partial charge is 0.272 e. The van der Waals surface area contributed by atoms with Crippen LogP contribution in [0.15, 0.2) is 36.6 Å². The van der Waals surface area contributed by atoms with Gasteiger partial charge < -0.3 is 4.74 Å². The van der Waals surface area contributed by atoms with Crippen molar-refractivity contribution in [3.63, 3.8) is 0 Å². The lowest BCUT2D eigenvalue weighted by Gasteiger charge is -2.07. The third-order valence-corrected chi connectivity index (χ3v) is 2.31. The molecule has 4 nitrogen and oxygen atoms in total.